The number of fused-ring (bicyclic) bond motifs is 3. The number of nitrogens with one attached hydrogen (secondary N) is 1. The van der Waals surface area contributed by atoms with Gasteiger partial charge in [0.2, 0.25) is 5.95 Å². The van der Waals surface area contributed by atoms with E-state index >= 15 is 0 Å². The number of aryl methyl sites for hydroxylation is 2. The zero-order valence-electron chi connectivity index (χ0n) is 19.3. The third-order valence-electron chi connectivity index (χ3n) is 6.61. The van der Waals surface area contributed by atoms with Crippen LogP contribution < -0.4 is 15.6 Å². The van der Waals surface area contributed by atoms with Crippen LogP contribution in [0.5, 0.6) is 5.75 Å². The molecule has 0 atom stereocenters. The number of aromatic nitrogens is 2. The highest BCUT2D eigenvalue weighted by molar-refractivity contribution is 7.18. The summed E-state index contributed by atoms with van der Waals surface area (Å²) in [4.78, 5) is 23.5. The molecule has 0 amide bonds. The van der Waals surface area contributed by atoms with E-state index in [4.69, 9.17) is 14.5 Å². The van der Waals surface area contributed by atoms with Crippen molar-refractivity contribution in [3.8, 4) is 11.4 Å². The lowest BCUT2D eigenvalue weighted by Gasteiger charge is -2.26. The molecule has 1 aromatic carbocycles. The van der Waals surface area contributed by atoms with E-state index in [1.165, 1.54) is 23.3 Å². The van der Waals surface area contributed by atoms with Gasteiger partial charge in [-0.1, -0.05) is 6.42 Å². The summed E-state index contributed by atoms with van der Waals surface area (Å²) in [7, 11) is 1.65. The number of nitrogens with zero attached hydrogens (tertiary/aromatic N) is 3. The average molecular weight is 469 g/mol. The van der Waals surface area contributed by atoms with E-state index in [9.17, 15) is 4.79 Å². The van der Waals surface area contributed by atoms with Gasteiger partial charge in [-0.3, -0.25) is 9.69 Å². The molecule has 1 fully saturated rings. The standard InChI is InChI=1S/C25H32N4O3S/c1-31-19-10-8-18(9-11-19)29-24(30)22-20-6-3-2-4-7-21(20)33-23(22)27-25(29)26-12-5-13-28-14-16-32-17-15-28/h8-11H,2-7,12-17H2,1H3,(H,26,27). The van der Waals surface area contributed by atoms with Crippen molar-refractivity contribution in [2.24, 2.45) is 0 Å². The first-order valence-corrected chi connectivity index (χ1v) is 12.8. The van der Waals surface area contributed by atoms with Crippen LogP contribution in [0, 0.1) is 0 Å². The predicted molar refractivity (Wildman–Crippen MR) is 133 cm³/mol. The van der Waals surface area contributed by atoms with Crippen LogP contribution in [0.25, 0.3) is 15.9 Å². The zero-order chi connectivity index (χ0) is 22.6. The van der Waals surface area contributed by atoms with E-state index in [0.29, 0.717) is 5.95 Å². The summed E-state index contributed by atoms with van der Waals surface area (Å²) in [5, 5.41) is 4.29. The lowest BCUT2D eigenvalue weighted by molar-refractivity contribution is 0.0378. The molecule has 0 bridgehead atoms. The molecule has 3 aromatic rings. The summed E-state index contributed by atoms with van der Waals surface area (Å²) >= 11 is 1.71. The van der Waals surface area contributed by atoms with E-state index in [2.05, 4.69) is 10.2 Å². The van der Waals surface area contributed by atoms with Crippen LogP contribution in [-0.2, 0) is 17.6 Å². The molecule has 7 nitrogen and oxygen atoms in total. The molecule has 1 N–H and O–H groups in total. The van der Waals surface area contributed by atoms with Crippen molar-refractivity contribution in [3.63, 3.8) is 0 Å². The van der Waals surface area contributed by atoms with Gasteiger partial charge in [-0.2, -0.15) is 0 Å². The van der Waals surface area contributed by atoms with Gasteiger partial charge < -0.3 is 14.8 Å². The minimum atomic E-state index is 0.0280. The molecule has 0 radical (unpaired) electrons. The summed E-state index contributed by atoms with van der Waals surface area (Å²) in [5.41, 5.74) is 2.06. The predicted octanol–water partition coefficient (Wildman–Crippen LogP) is 3.86. The van der Waals surface area contributed by atoms with Crippen molar-refractivity contribution in [1.82, 2.24) is 14.5 Å². The number of thiophene rings is 1. The Morgan fingerprint density at radius 1 is 1.12 bits per heavy atom. The molecule has 33 heavy (non-hydrogen) atoms. The van der Waals surface area contributed by atoms with E-state index in [1.54, 1.807) is 23.0 Å². The molecule has 2 aliphatic rings. The van der Waals surface area contributed by atoms with Gasteiger partial charge in [0.25, 0.3) is 5.56 Å². The van der Waals surface area contributed by atoms with Crippen LogP contribution >= 0.6 is 11.3 Å². The second-order valence-corrected chi connectivity index (χ2v) is 9.84. The van der Waals surface area contributed by atoms with Crippen LogP contribution in [0.3, 0.4) is 0 Å². The Morgan fingerprint density at radius 3 is 2.70 bits per heavy atom. The van der Waals surface area contributed by atoms with Gasteiger partial charge >= 0.3 is 0 Å². The smallest absolute Gasteiger partial charge is 0.268 e. The molecule has 0 saturated carbocycles. The number of hydrogen-bond donors (Lipinski definition) is 1. The Labute approximate surface area is 198 Å². The highest BCUT2D eigenvalue weighted by Gasteiger charge is 2.22. The van der Waals surface area contributed by atoms with E-state index in [1.807, 2.05) is 24.3 Å². The van der Waals surface area contributed by atoms with Crippen LogP contribution in [0.4, 0.5) is 5.95 Å². The molecule has 1 aliphatic carbocycles. The molecule has 1 saturated heterocycles. The number of hydrogen-bond acceptors (Lipinski definition) is 7. The fraction of sp³-hybridized carbons (Fsp3) is 0.520. The summed E-state index contributed by atoms with van der Waals surface area (Å²) in [6, 6.07) is 7.64. The van der Waals surface area contributed by atoms with E-state index < -0.39 is 0 Å². The lowest BCUT2D eigenvalue weighted by Crippen LogP contribution is -2.37. The largest absolute Gasteiger partial charge is 0.497 e. The van der Waals surface area contributed by atoms with E-state index in [0.717, 1.165) is 86.7 Å². The number of benzene rings is 1. The molecule has 0 unspecified atom stereocenters. The maximum Gasteiger partial charge on any atom is 0.268 e. The van der Waals surface area contributed by atoms with Gasteiger partial charge in [0.05, 0.1) is 31.4 Å². The van der Waals surface area contributed by atoms with Crippen molar-refractivity contribution in [3.05, 3.63) is 45.1 Å². The van der Waals surface area contributed by atoms with Crippen LogP contribution in [0.15, 0.2) is 29.1 Å². The first kappa shape index (κ1) is 22.4. The number of methoxy groups -OCH3 is 1. The topological polar surface area (TPSA) is 68.6 Å². The minimum absolute atomic E-state index is 0.0280. The Kier molecular flexibility index (Phi) is 6.94. The normalized spacial score (nSPS) is 17.0. The summed E-state index contributed by atoms with van der Waals surface area (Å²) in [6.07, 6.45) is 6.58. The van der Waals surface area contributed by atoms with Crippen LogP contribution in [0.1, 0.15) is 36.1 Å². The Morgan fingerprint density at radius 2 is 1.91 bits per heavy atom. The SMILES string of the molecule is COc1ccc(-n2c(NCCCN3CCOCC3)nc3sc4c(c3c2=O)CCCCC4)cc1. The fourth-order valence-corrected chi connectivity index (χ4v) is 6.05. The Balaban J connectivity index is 1.48. The first-order valence-electron chi connectivity index (χ1n) is 12.0. The van der Waals surface area contributed by atoms with E-state index in [-0.39, 0.29) is 5.56 Å². The number of rotatable bonds is 7. The Bertz CT molecular complexity index is 1150. The molecule has 8 heteroatoms. The second-order valence-electron chi connectivity index (χ2n) is 8.75. The second kappa shape index (κ2) is 10.2. The molecule has 2 aromatic heterocycles. The van der Waals surface area contributed by atoms with Gasteiger partial charge in [-0.25, -0.2) is 9.55 Å². The fourth-order valence-electron chi connectivity index (χ4n) is 4.80. The van der Waals surface area contributed by atoms with Gasteiger partial charge in [-0.15, -0.1) is 11.3 Å². The first-order chi connectivity index (χ1) is 16.2. The van der Waals surface area contributed by atoms with Crippen molar-refractivity contribution >= 4 is 27.5 Å². The number of anilines is 1. The van der Waals surface area contributed by atoms with Crippen LogP contribution in [0.2, 0.25) is 0 Å². The molecule has 1 aliphatic heterocycles. The molecule has 5 rings (SSSR count). The monoisotopic (exact) mass is 468 g/mol. The maximum absolute atomic E-state index is 13.9. The summed E-state index contributed by atoms with van der Waals surface area (Å²) < 4.78 is 12.5. The Hall–Kier alpha value is -2.42. The zero-order valence-corrected chi connectivity index (χ0v) is 20.1. The molecule has 3 heterocycles. The van der Waals surface area contributed by atoms with Crippen molar-refractivity contribution in [2.75, 3.05) is 51.8 Å². The average Bonchev–Trinajstić information content (AvgIpc) is 3.04. The highest BCUT2D eigenvalue weighted by atomic mass is 32.1. The number of morpholine rings is 1. The number of ether oxygens (including phenoxy) is 2. The maximum atomic E-state index is 13.9. The minimum Gasteiger partial charge on any atom is -0.497 e. The van der Waals surface area contributed by atoms with Gasteiger partial charge in [0.15, 0.2) is 0 Å². The molecule has 0 spiro atoms. The van der Waals surface area contributed by atoms with Gasteiger partial charge in [0, 0.05) is 24.5 Å². The van der Waals surface area contributed by atoms with Gasteiger partial charge in [-0.05, 0) is 68.5 Å². The summed E-state index contributed by atoms with van der Waals surface area (Å²) in [5.74, 6) is 1.39. The quantitative estimate of drug-likeness (QED) is 0.420. The molecular weight excluding hydrogens is 436 g/mol. The third kappa shape index (κ3) is 4.78. The third-order valence-corrected chi connectivity index (χ3v) is 7.79. The highest BCUT2D eigenvalue weighted by Crippen LogP contribution is 2.34. The lowest BCUT2D eigenvalue weighted by atomic mass is 10.1. The van der Waals surface area contributed by atoms with Crippen LogP contribution in [-0.4, -0.2) is 61.0 Å². The molecule has 176 valence electrons. The van der Waals surface area contributed by atoms with Gasteiger partial charge in [0.1, 0.15) is 10.6 Å². The van der Waals surface area contributed by atoms with Crippen molar-refractivity contribution < 1.29 is 9.47 Å². The summed E-state index contributed by atoms with van der Waals surface area (Å²) in [6.45, 7) is 5.37. The van der Waals surface area contributed by atoms with Crippen molar-refractivity contribution in [2.45, 2.75) is 38.5 Å². The molecular formula is C25H32N4O3S. The van der Waals surface area contributed by atoms with Crippen molar-refractivity contribution in [1.29, 1.82) is 0 Å².